The van der Waals surface area contributed by atoms with E-state index in [2.05, 4.69) is 10.2 Å². The molecule has 0 spiro atoms. The Morgan fingerprint density at radius 3 is 2.68 bits per heavy atom. The molecule has 1 atom stereocenters. The van der Waals surface area contributed by atoms with Crippen molar-refractivity contribution in [1.29, 1.82) is 0 Å². The van der Waals surface area contributed by atoms with E-state index in [0.29, 0.717) is 42.7 Å². The largest absolute Gasteiger partial charge is 0.485 e. The molecule has 0 bridgehead atoms. The number of nitrogens with zero attached hydrogens (tertiary/aromatic N) is 5. The van der Waals surface area contributed by atoms with Crippen molar-refractivity contribution in [3.05, 3.63) is 93.9 Å². The summed E-state index contributed by atoms with van der Waals surface area (Å²) in [5, 5.41) is 9.23. The molecule has 2 aliphatic heterocycles. The second-order valence-electron chi connectivity index (χ2n) is 11.2. The second-order valence-corrected chi connectivity index (χ2v) is 11.7. The van der Waals surface area contributed by atoms with Crippen LogP contribution in [0.1, 0.15) is 71.0 Å². The van der Waals surface area contributed by atoms with Crippen molar-refractivity contribution in [3.63, 3.8) is 0 Å². The van der Waals surface area contributed by atoms with E-state index in [0.717, 1.165) is 53.6 Å². The van der Waals surface area contributed by atoms with Crippen LogP contribution < -0.4 is 4.74 Å². The van der Waals surface area contributed by atoms with Gasteiger partial charge in [0.15, 0.2) is 11.5 Å². The van der Waals surface area contributed by atoms with E-state index in [1.54, 1.807) is 0 Å². The van der Waals surface area contributed by atoms with Crippen LogP contribution in [-0.4, -0.2) is 49.3 Å². The number of rotatable bonds is 6. The zero-order valence-electron chi connectivity index (χ0n) is 22.8. The standard InChI is InChI=1S/C32H32ClN5O3/c33-25-13-14-27(41-20-29-35-34-28-12-6-7-16-38(28)29)30-24(25)15-17-37(31(39)21-8-2-1-3-9-21)26(30)19-36-18-22-10-4-5-11-23(22)32(36)40/h4-7,10-14,16,21,26H,1-3,8-9,15,17-20H2/t26-/m1/s1. The molecule has 9 heteroatoms. The van der Waals surface area contributed by atoms with Crippen molar-refractivity contribution >= 4 is 29.1 Å². The quantitative estimate of drug-likeness (QED) is 0.301. The van der Waals surface area contributed by atoms with Crippen LogP contribution in [-0.2, 0) is 24.4 Å². The first kappa shape index (κ1) is 26.0. The third-order valence-corrected chi connectivity index (χ3v) is 9.19. The number of aromatic nitrogens is 3. The van der Waals surface area contributed by atoms with E-state index >= 15 is 0 Å². The number of pyridine rings is 1. The van der Waals surface area contributed by atoms with Crippen LogP contribution in [0.3, 0.4) is 0 Å². The fourth-order valence-corrected chi connectivity index (χ4v) is 7.01. The van der Waals surface area contributed by atoms with Gasteiger partial charge in [-0.05, 0) is 60.7 Å². The first-order chi connectivity index (χ1) is 20.1. The average Bonchev–Trinajstić information content (AvgIpc) is 3.57. The number of halogens is 1. The van der Waals surface area contributed by atoms with Crippen molar-refractivity contribution in [2.24, 2.45) is 5.92 Å². The minimum absolute atomic E-state index is 0.00258. The summed E-state index contributed by atoms with van der Waals surface area (Å²) in [6, 6.07) is 16.9. The lowest BCUT2D eigenvalue weighted by molar-refractivity contribution is -0.140. The highest BCUT2D eigenvalue weighted by molar-refractivity contribution is 6.31. The van der Waals surface area contributed by atoms with Gasteiger partial charge in [0.2, 0.25) is 5.91 Å². The first-order valence-corrected chi connectivity index (χ1v) is 14.9. The van der Waals surface area contributed by atoms with Gasteiger partial charge in [0.05, 0.1) is 6.04 Å². The molecule has 0 unspecified atom stereocenters. The molecule has 0 radical (unpaired) electrons. The van der Waals surface area contributed by atoms with Crippen molar-refractivity contribution in [1.82, 2.24) is 24.4 Å². The molecule has 7 rings (SSSR count). The number of benzene rings is 2. The Balaban J connectivity index is 1.25. The zero-order valence-corrected chi connectivity index (χ0v) is 23.6. The number of carbonyl (C=O) groups excluding carboxylic acids is 2. The summed E-state index contributed by atoms with van der Waals surface area (Å²) in [4.78, 5) is 31.4. The van der Waals surface area contributed by atoms with Gasteiger partial charge >= 0.3 is 0 Å². The van der Waals surface area contributed by atoms with Crippen molar-refractivity contribution in [2.45, 2.75) is 57.7 Å². The van der Waals surface area contributed by atoms with E-state index in [-0.39, 0.29) is 30.4 Å². The predicted octanol–water partition coefficient (Wildman–Crippen LogP) is 5.62. The van der Waals surface area contributed by atoms with Crippen LogP contribution in [0.4, 0.5) is 0 Å². The Morgan fingerprint density at radius 2 is 1.83 bits per heavy atom. The van der Waals surface area contributed by atoms with E-state index < -0.39 is 0 Å². The van der Waals surface area contributed by atoms with Crippen molar-refractivity contribution in [3.8, 4) is 5.75 Å². The van der Waals surface area contributed by atoms with E-state index in [9.17, 15) is 9.59 Å². The molecular formula is C32H32ClN5O3. The molecule has 1 fully saturated rings. The van der Waals surface area contributed by atoms with Gasteiger partial charge in [0.25, 0.3) is 5.91 Å². The molecule has 2 aromatic carbocycles. The van der Waals surface area contributed by atoms with Gasteiger partial charge in [0, 0.05) is 47.9 Å². The summed E-state index contributed by atoms with van der Waals surface area (Å²) in [6.07, 6.45) is 7.73. The van der Waals surface area contributed by atoms with Crippen molar-refractivity contribution < 1.29 is 14.3 Å². The minimum Gasteiger partial charge on any atom is -0.485 e. The normalized spacial score (nSPS) is 19.0. The highest BCUT2D eigenvalue weighted by Gasteiger charge is 2.40. The molecule has 1 saturated carbocycles. The van der Waals surface area contributed by atoms with Gasteiger partial charge in [-0.3, -0.25) is 14.0 Å². The van der Waals surface area contributed by atoms with Crippen LogP contribution in [0.15, 0.2) is 60.8 Å². The molecule has 2 amide bonds. The zero-order chi connectivity index (χ0) is 27.9. The molecule has 3 aliphatic rings. The Labute approximate surface area is 243 Å². The Hall–Kier alpha value is -3.91. The minimum atomic E-state index is -0.365. The molecule has 0 N–H and O–H groups in total. The lowest BCUT2D eigenvalue weighted by Gasteiger charge is -2.42. The van der Waals surface area contributed by atoms with Gasteiger partial charge in [-0.2, -0.15) is 0 Å². The summed E-state index contributed by atoms with van der Waals surface area (Å²) < 4.78 is 8.35. The molecule has 4 aromatic rings. The monoisotopic (exact) mass is 569 g/mol. The molecule has 210 valence electrons. The Bertz CT molecular complexity index is 1630. The number of amides is 2. The average molecular weight is 570 g/mol. The van der Waals surface area contributed by atoms with Gasteiger partial charge in [-0.1, -0.05) is 55.1 Å². The fourth-order valence-electron chi connectivity index (χ4n) is 6.75. The van der Waals surface area contributed by atoms with E-state index in [1.807, 2.05) is 75.0 Å². The third-order valence-electron chi connectivity index (χ3n) is 8.84. The summed E-state index contributed by atoms with van der Waals surface area (Å²) in [7, 11) is 0. The van der Waals surface area contributed by atoms with Gasteiger partial charge in [-0.15, -0.1) is 10.2 Å². The molecule has 2 aromatic heterocycles. The summed E-state index contributed by atoms with van der Waals surface area (Å²) in [6.45, 7) is 1.68. The van der Waals surface area contributed by atoms with Gasteiger partial charge < -0.3 is 14.5 Å². The number of hydrogen-bond donors (Lipinski definition) is 0. The third kappa shape index (κ3) is 4.74. The number of fused-ring (bicyclic) bond motifs is 3. The van der Waals surface area contributed by atoms with Gasteiger partial charge in [0.1, 0.15) is 12.4 Å². The second kappa shape index (κ2) is 10.8. The summed E-state index contributed by atoms with van der Waals surface area (Å²) >= 11 is 6.79. The summed E-state index contributed by atoms with van der Waals surface area (Å²) in [5.74, 6) is 1.53. The van der Waals surface area contributed by atoms with Crippen LogP contribution in [0.2, 0.25) is 5.02 Å². The van der Waals surface area contributed by atoms with Crippen LogP contribution in [0.25, 0.3) is 5.65 Å². The number of ether oxygens (including phenoxy) is 1. The Morgan fingerprint density at radius 1 is 1.00 bits per heavy atom. The molecule has 0 saturated heterocycles. The maximum Gasteiger partial charge on any atom is 0.254 e. The smallest absolute Gasteiger partial charge is 0.254 e. The van der Waals surface area contributed by atoms with Gasteiger partial charge in [-0.25, -0.2) is 0 Å². The molecular weight excluding hydrogens is 538 g/mol. The topological polar surface area (TPSA) is 80.0 Å². The molecule has 1 aliphatic carbocycles. The number of hydrogen-bond acceptors (Lipinski definition) is 5. The van der Waals surface area contributed by atoms with Crippen LogP contribution >= 0.6 is 11.6 Å². The maximum absolute atomic E-state index is 14.1. The molecule has 41 heavy (non-hydrogen) atoms. The van der Waals surface area contributed by atoms with E-state index in [1.165, 1.54) is 6.42 Å². The van der Waals surface area contributed by atoms with Crippen molar-refractivity contribution in [2.75, 3.05) is 13.1 Å². The van der Waals surface area contributed by atoms with E-state index in [4.69, 9.17) is 16.3 Å². The Kier molecular flexibility index (Phi) is 6.87. The number of carbonyl (C=O) groups is 2. The maximum atomic E-state index is 14.1. The highest BCUT2D eigenvalue weighted by Crippen LogP contribution is 2.43. The highest BCUT2D eigenvalue weighted by atomic mass is 35.5. The lowest BCUT2D eigenvalue weighted by atomic mass is 9.85. The lowest BCUT2D eigenvalue weighted by Crippen LogP contribution is -2.48. The van der Waals surface area contributed by atoms with Crippen LogP contribution in [0.5, 0.6) is 5.75 Å². The molecule has 8 nitrogen and oxygen atoms in total. The first-order valence-electron chi connectivity index (χ1n) is 14.5. The SMILES string of the molecule is O=C1c2ccccc2CN1C[C@@H]1c2c(OCc3nnc4ccccn34)ccc(Cl)c2CCN1C(=O)C1CCCCC1. The predicted molar refractivity (Wildman–Crippen MR) is 155 cm³/mol. The molecule has 4 heterocycles. The summed E-state index contributed by atoms with van der Waals surface area (Å²) in [5.41, 5.74) is 4.37. The fraction of sp³-hybridized carbons (Fsp3) is 0.375. The van der Waals surface area contributed by atoms with Crippen LogP contribution in [0, 0.1) is 5.92 Å².